The number of rotatable bonds is 11. The number of carbonyl (C=O) groups excluding carboxylic acids is 3. The molecular formula is C19H28N2O5S. The van der Waals surface area contributed by atoms with Gasteiger partial charge in [0.2, 0.25) is 5.91 Å². The molecule has 0 spiro atoms. The van der Waals surface area contributed by atoms with Crippen LogP contribution in [0.4, 0.5) is 0 Å². The SMILES string of the molecule is CC(=O)OC[C@H](CSC[C@H](N)C(=O)NCC(C)c1ccccc1)OC(C)=O. The van der Waals surface area contributed by atoms with Crippen molar-refractivity contribution in [2.75, 3.05) is 24.7 Å². The maximum absolute atomic E-state index is 12.1. The van der Waals surface area contributed by atoms with E-state index in [-0.39, 0.29) is 18.4 Å². The predicted molar refractivity (Wildman–Crippen MR) is 105 cm³/mol. The first-order valence-electron chi connectivity index (χ1n) is 8.76. The fraction of sp³-hybridized carbons (Fsp3) is 0.526. The molecule has 0 aliphatic rings. The zero-order valence-electron chi connectivity index (χ0n) is 16.0. The Morgan fingerprint density at radius 2 is 1.78 bits per heavy atom. The first-order chi connectivity index (χ1) is 12.8. The zero-order chi connectivity index (χ0) is 20.2. The van der Waals surface area contributed by atoms with E-state index in [2.05, 4.69) is 5.32 Å². The van der Waals surface area contributed by atoms with Crippen LogP contribution in [0.3, 0.4) is 0 Å². The van der Waals surface area contributed by atoms with Gasteiger partial charge in [-0.25, -0.2) is 0 Å². The van der Waals surface area contributed by atoms with Crippen molar-refractivity contribution in [3.63, 3.8) is 0 Å². The first-order valence-corrected chi connectivity index (χ1v) is 9.91. The maximum atomic E-state index is 12.1. The summed E-state index contributed by atoms with van der Waals surface area (Å²) in [5, 5.41) is 2.86. The van der Waals surface area contributed by atoms with Gasteiger partial charge in [0.25, 0.3) is 0 Å². The molecule has 0 saturated heterocycles. The predicted octanol–water partition coefficient (Wildman–Crippen LogP) is 1.46. The Morgan fingerprint density at radius 1 is 1.11 bits per heavy atom. The maximum Gasteiger partial charge on any atom is 0.303 e. The number of benzene rings is 1. The number of hydrogen-bond donors (Lipinski definition) is 2. The number of nitrogens with two attached hydrogens (primary N) is 1. The molecule has 3 N–H and O–H groups in total. The quantitative estimate of drug-likeness (QED) is 0.545. The van der Waals surface area contributed by atoms with Gasteiger partial charge in [0.15, 0.2) is 0 Å². The van der Waals surface area contributed by atoms with E-state index in [1.165, 1.54) is 25.6 Å². The second-order valence-corrected chi connectivity index (χ2v) is 7.31. The lowest BCUT2D eigenvalue weighted by atomic mass is 10.0. The Labute approximate surface area is 164 Å². The molecule has 0 fully saturated rings. The van der Waals surface area contributed by atoms with Crippen LogP contribution in [0, 0.1) is 0 Å². The molecule has 0 radical (unpaired) electrons. The monoisotopic (exact) mass is 396 g/mol. The van der Waals surface area contributed by atoms with Crippen LogP contribution in [0.25, 0.3) is 0 Å². The van der Waals surface area contributed by atoms with Crippen molar-refractivity contribution in [3.05, 3.63) is 35.9 Å². The van der Waals surface area contributed by atoms with Gasteiger partial charge in [-0.3, -0.25) is 14.4 Å². The van der Waals surface area contributed by atoms with E-state index in [4.69, 9.17) is 15.2 Å². The normalized spacial score (nSPS) is 13.9. The van der Waals surface area contributed by atoms with Gasteiger partial charge >= 0.3 is 11.9 Å². The fourth-order valence-electron chi connectivity index (χ4n) is 2.25. The minimum atomic E-state index is -0.676. The van der Waals surface area contributed by atoms with Crippen LogP contribution >= 0.6 is 11.8 Å². The van der Waals surface area contributed by atoms with Crippen LogP contribution in [0.1, 0.15) is 32.3 Å². The van der Waals surface area contributed by atoms with Crippen molar-refractivity contribution in [1.29, 1.82) is 0 Å². The molecule has 0 aliphatic carbocycles. The molecule has 1 aromatic carbocycles. The molecule has 0 bridgehead atoms. The third-order valence-corrected chi connectivity index (χ3v) is 4.90. The van der Waals surface area contributed by atoms with Crippen LogP contribution in [-0.4, -0.2) is 54.6 Å². The van der Waals surface area contributed by atoms with E-state index in [1.807, 2.05) is 37.3 Å². The van der Waals surface area contributed by atoms with Gasteiger partial charge in [0, 0.05) is 31.9 Å². The number of thioether (sulfide) groups is 1. The average molecular weight is 397 g/mol. The third-order valence-electron chi connectivity index (χ3n) is 3.69. The molecule has 1 unspecified atom stereocenters. The van der Waals surface area contributed by atoms with Crippen molar-refractivity contribution in [1.82, 2.24) is 5.32 Å². The topological polar surface area (TPSA) is 108 Å². The van der Waals surface area contributed by atoms with Gasteiger partial charge in [-0.15, -0.1) is 0 Å². The van der Waals surface area contributed by atoms with Gasteiger partial charge in [0.05, 0.1) is 6.04 Å². The van der Waals surface area contributed by atoms with Gasteiger partial charge in [-0.2, -0.15) is 11.8 Å². The van der Waals surface area contributed by atoms with Crippen LogP contribution in [0.5, 0.6) is 0 Å². The van der Waals surface area contributed by atoms with E-state index in [0.717, 1.165) is 5.56 Å². The average Bonchev–Trinajstić information content (AvgIpc) is 2.63. The molecule has 3 atom stereocenters. The smallest absolute Gasteiger partial charge is 0.303 e. The standard InChI is InChI=1S/C19H28N2O5S/c1-13(16-7-5-4-6-8-16)9-21-19(24)18(20)12-27-11-17(26-15(3)23)10-25-14(2)22/h4-8,13,17-18H,9-12,20H2,1-3H3,(H,21,24)/t13?,17-,18+/m1/s1. The highest BCUT2D eigenvalue weighted by molar-refractivity contribution is 7.99. The molecule has 0 aromatic heterocycles. The van der Waals surface area contributed by atoms with Crippen molar-refractivity contribution < 1.29 is 23.9 Å². The number of hydrogen-bond acceptors (Lipinski definition) is 7. The van der Waals surface area contributed by atoms with Crippen LogP contribution in [0.2, 0.25) is 0 Å². The van der Waals surface area contributed by atoms with E-state index in [0.29, 0.717) is 18.1 Å². The summed E-state index contributed by atoms with van der Waals surface area (Å²) in [4.78, 5) is 34.1. The summed E-state index contributed by atoms with van der Waals surface area (Å²) in [6, 6.07) is 9.24. The van der Waals surface area contributed by atoms with Crippen molar-refractivity contribution in [2.24, 2.45) is 5.73 Å². The van der Waals surface area contributed by atoms with Gasteiger partial charge < -0.3 is 20.5 Å². The Morgan fingerprint density at radius 3 is 2.37 bits per heavy atom. The Balaban J connectivity index is 2.34. The van der Waals surface area contributed by atoms with Crippen LogP contribution < -0.4 is 11.1 Å². The summed E-state index contributed by atoms with van der Waals surface area (Å²) in [6.07, 6.45) is -0.565. The van der Waals surface area contributed by atoms with E-state index < -0.39 is 24.1 Å². The Kier molecular flexibility index (Phi) is 10.5. The lowest BCUT2D eigenvalue weighted by Crippen LogP contribution is -2.43. The molecule has 7 nitrogen and oxygen atoms in total. The molecule has 0 heterocycles. The van der Waals surface area contributed by atoms with Crippen molar-refractivity contribution in [3.8, 4) is 0 Å². The highest BCUT2D eigenvalue weighted by Gasteiger charge is 2.18. The minimum absolute atomic E-state index is 0.0159. The highest BCUT2D eigenvalue weighted by atomic mass is 32.2. The van der Waals surface area contributed by atoms with E-state index >= 15 is 0 Å². The van der Waals surface area contributed by atoms with Gasteiger partial charge in [-0.05, 0) is 11.5 Å². The molecular weight excluding hydrogens is 368 g/mol. The van der Waals surface area contributed by atoms with Crippen molar-refractivity contribution in [2.45, 2.75) is 38.8 Å². The number of carbonyl (C=O) groups is 3. The molecule has 0 saturated carbocycles. The highest BCUT2D eigenvalue weighted by Crippen LogP contribution is 2.13. The molecule has 27 heavy (non-hydrogen) atoms. The molecule has 0 aliphatic heterocycles. The zero-order valence-corrected chi connectivity index (χ0v) is 16.8. The summed E-state index contributed by atoms with van der Waals surface area (Å²) in [6.45, 7) is 5.10. The molecule has 1 rings (SSSR count). The number of ether oxygens (including phenoxy) is 2. The largest absolute Gasteiger partial charge is 0.462 e. The van der Waals surface area contributed by atoms with Crippen molar-refractivity contribution >= 4 is 29.6 Å². The summed E-state index contributed by atoms with van der Waals surface area (Å²) in [5.74, 6) is -0.190. The van der Waals surface area contributed by atoms with Crippen LogP contribution in [0.15, 0.2) is 30.3 Å². The van der Waals surface area contributed by atoms with E-state index in [1.54, 1.807) is 0 Å². The third kappa shape index (κ3) is 10.0. The summed E-state index contributed by atoms with van der Waals surface area (Å²) in [5.41, 5.74) is 7.07. The Hall–Kier alpha value is -2.06. The summed E-state index contributed by atoms with van der Waals surface area (Å²) < 4.78 is 9.97. The fourth-order valence-corrected chi connectivity index (χ4v) is 3.22. The number of nitrogens with one attached hydrogen (secondary N) is 1. The van der Waals surface area contributed by atoms with Gasteiger partial charge in [-0.1, -0.05) is 37.3 Å². The molecule has 8 heteroatoms. The molecule has 1 amide bonds. The molecule has 1 aromatic rings. The van der Waals surface area contributed by atoms with E-state index in [9.17, 15) is 14.4 Å². The molecule has 150 valence electrons. The second kappa shape index (κ2) is 12.3. The number of esters is 2. The minimum Gasteiger partial charge on any atom is -0.462 e. The lowest BCUT2D eigenvalue weighted by molar-refractivity contribution is -0.154. The van der Waals surface area contributed by atoms with Crippen LogP contribution in [-0.2, 0) is 23.9 Å². The lowest BCUT2D eigenvalue weighted by Gasteiger charge is -2.18. The summed E-state index contributed by atoms with van der Waals surface area (Å²) >= 11 is 1.37. The first kappa shape index (κ1) is 23.0. The number of amides is 1. The Bertz CT molecular complexity index is 611. The van der Waals surface area contributed by atoms with Gasteiger partial charge in [0.1, 0.15) is 12.7 Å². The summed E-state index contributed by atoms with van der Waals surface area (Å²) in [7, 11) is 0. The second-order valence-electron chi connectivity index (χ2n) is 6.23.